The van der Waals surface area contributed by atoms with Gasteiger partial charge in [-0.25, -0.2) is 0 Å². The van der Waals surface area contributed by atoms with Gasteiger partial charge in [-0.2, -0.15) is 0 Å². The predicted molar refractivity (Wildman–Crippen MR) is 122 cm³/mol. The summed E-state index contributed by atoms with van der Waals surface area (Å²) in [5, 5.41) is 0. The summed E-state index contributed by atoms with van der Waals surface area (Å²) in [5.41, 5.74) is 9.84. The molecule has 1 aromatic heterocycles. The monoisotopic (exact) mass is 436 g/mol. The first kappa shape index (κ1) is 21.6. The lowest BCUT2D eigenvalue weighted by Crippen LogP contribution is -2.13. The highest BCUT2D eigenvalue weighted by molar-refractivity contribution is 5.95. The maximum Gasteiger partial charge on any atom is 0.250 e. The summed E-state index contributed by atoms with van der Waals surface area (Å²) >= 11 is 0. The number of benzene rings is 2. The van der Waals surface area contributed by atoms with Gasteiger partial charge in [0.2, 0.25) is 0 Å². The van der Waals surface area contributed by atoms with Crippen LogP contribution in [-0.4, -0.2) is 37.9 Å². The van der Waals surface area contributed by atoms with E-state index >= 15 is 0 Å². The maximum absolute atomic E-state index is 12.1. The van der Waals surface area contributed by atoms with Crippen molar-refractivity contribution in [1.29, 1.82) is 0 Å². The number of aromatic nitrogens is 1. The number of primary amides is 1. The van der Waals surface area contributed by atoms with Gasteiger partial charge in [-0.3, -0.25) is 4.79 Å². The molecule has 3 aromatic rings. The van der Waals surface area contributed by atoms with Gasteiger partial charge in [0.25, 0.3) is 5.91 Å². The smallest absolute Gasteiger partial charge is 0.250 e. The molecule has 0 bridgehead atoms. The van der Waals surface area contributed by atoms with Crippen molar-refractivity contribution in [3.8, 4) is 34.3 Å². The zero-order chi connectivity index (χ0) is 22.7. The van der Waals surface area contributed by atoms with Gasteiger partial charge in [-0.05, 0) is 61.4 Å². The van der Waals surface area contributed by atoms with E-state index in [0.717, 1.165) is 46.2 Å². The van der Waals surface area contributed by atoms with Gasteiger partial charge in [0.1, 0.15) is 11.5 Å². The highest BCUT2D eigenvalue weighted by atomic mass is 16.5. The van der Waals surface area contributed by atoms with Crippen LogP contribution in [0.25, 0.3) is 11.3 Å². The van der Waals surface area contributed by atoms with E-state index in [9.17, 15) is 4.79 Å². The largest absolute Gasteiger partial charge is 0.497 e. The molecule has 0 saturated carbocycles. The van der Waals surface area contributed by atoms with Crippen LogP contribution in [0.4, 0.5) is 0 Å². The SMILES string of the molecule is COc1ccc(OC)c(CCn2c(-c3ccc4c(c3)OCCCO4)cc(C(N)=O)c2C)c1. The van der Waals surface area contributed by atoms with Crippen LogP contribution in [0.1, 0.15) is 28.0 Å². The minimum Gasteiger partial charge on any atom is -0.497 e. The molecule has 2 N–H and O–H groups in total. The zero-order valence-electron chi connectivity index (χ0n) is 18.6. The summed E-state index contributed by atoms with van der Waals surface area (Å²) in [6, 6.07) is 13.4. The summed E-state index contributed by atoms with van der Waals surface area (Å²) in [5.74, 6) is 2.56. The Balaban J connectivity index is 1.72. The molecule has 0 aliphatic carbocycles. The van der Waals surface area contributed by atoms with Gasteiger partial charge in [0.05, 0.1) is 33.0 Å². The molecule has 0 saturated heterocycles. The van der Waals surface area contributed by atoms with Gasteiger partial charge < -0.3 is 29.2 Å². The Morgan fingerprint density at radius 1 is 1.03 bits per heavy atom. The van der Waals surface area contributed by atoms with Crippen LogP contribution in [0.5, 0.6) is 23.0 Å². The lowest BCUT2D eigenvalue weighted by molar-refractivity contribution is 0.0999. The average Bonchev–Trinajstić information content (AvgIpc) is 2.96. The molecule has 1 amide bonds. The second kappa shape index (κ2) is 9.26. The van der Waals surface area contributed by atoms with Crippen molar-refractivity contribution in [1.82, 2.24) is 4.57 Å². The van der Waals surface area contributed by atoms with Crippen molar-refractivity contribution >= 4 is 5.91 Å². The van der Waals surface area contributed by atoms with Crippen LogP contribution in [-0.2, 0) is 13.0 Å². The van der Waals surface area contributed by atoms with Crippen LogP contribution >= 0.6 is 0 Å². The lowest BCUT2D eigenvalue weighted by atomic mass is 10.1. The summed E-state index contributed by atoms with van der Waals surface area (Å²) in [4.78, 5) is 12.1. The van der Waals surface area contributed by atoms with Crippen molar-refractivity contribution in [2.45, 2.75) is 26.3 Å². The van der Waals surface area contributed by atoms with E-state index < -0.39 is 5.91 Å². The molecular formula is C25H28N2O5. The van der Waals surface area contributed by atoms with Gasteiger partial charge in [0.15, 0.2) is 11.5 Å². The van der Waals surface area contributed by atoms with Crippen LogP contribution in [0.15, 0.2) is 42.5 Å². The fourth-order valence-electron chi connectivity index (χ4n) is 4.05. The number of aryl methyl sites for hydroxylation is 1. The van der Waals surface area contributed by atoms with Gasteiger partial charge >= 0.3 is 0 Å². The van der Waals surface area contributed by atoms with Gasteiger partial charge in [0, 0.05) is 29.9 Å². The molecule has 0 radical (unpaired) electrons. The number of amides is 1. The summed E-state index contributed by atoms with van der Waals surface area (Å²) in [7, 11) is 3.30. The van der Waals surface area contributed by atoms with Crippen LogP contribution in [0.2, 0.25) is 0 Å². The zero-order valence-corrected chi connectivity index (χ0v) is 18.6. The highest BCUT2D eigenvalue weighted by Crippen LogP contribution is 2.36. The molecule has 4 rings (SSSR count). The first-order valence-electron chi connectivity index (χ1n) is 10.6. The Kier molecular flexibility index (Phi) is 6.25. The van der Waals surface area contributed by atoms with Crippen LogP contribution in [0.3, 0.4) is 0 Å². The van der Waals surface area contributed by atoms with Crippen molar-refractivity contribution in [2.24, 2.45) is 5.73 Å². The Hall–Kier alpha value is -3.61. The minimum atomic E-state index is -0.448. The Morgan fingerprint density at radius 2 is 1.81 bits per heavy atom. The number of hydrogen-bond acceptors (Lipinski definition) is 5. The summed E-state index contributed by atoms with van der Waals surface area (Å²) in [6.45, 7) is 3.79. The molecule has 1 aliphatic heterocycles. The number of ether oxygens (including phenoxy) is 4. The third-order valence-electron chi connectivity index (χ3n) is 5.77. The van der Waals surface area contributed by atoms with Crippen LogP contribution in [0, 0.1) is 6.92 Å². The quantitative estimate of drug-likeness (QED) is 0.606. The first-order valence-corrected chi connectivity index (χ1v) is 10.6. The molecule has 7 nitrogen and oxygen atoms in total. The Bertz CT molecular complexity index is 1140. The molecule has 2 heterocycles. The van der Waals surface area contributed by atoms with E-state index in [0.29, 0.717) is 37.5 Å². The molecule has 2 aromatic carbocycles. The molecule has 1 aliphatic rings. The number of nitrogens with zero attached hydrogens (tertiary/aromatic N) is 1. The Morgan fingerprint density at radius 3 is 2.53 bits per heavy atom. The number of carbonyl (C=O) groups is 1. The molecule has 0 atom stereocenters. The second-order valence-corrected chi connectivity index (χ2v) is 7.68. The number of fused-ring (bicyclic) bond motifs is 1. The lowest BCUT2D eigenvalue weighted by Gasteiger charge is -2.16. The Labute approximate surface area is 187 Å². The first-order chi connectivity index (χ1) is 15.5. The fourth-order valence-corrected chi connectivity index (χ4v) is 4.05. The molecule has 0 spiro atoms. The van der Waals surface area contributed by atoms with E-state index in [4.69, 9.17) is 24.7 Å². The van der Waals surface area contributed by atoms with Crippen molar-refractivity contribution in [3.05, 3.63) is 59.3 Å². The summed E-state index contributed by atoms with van der Waals surface area (Å²) in [6.07, 6.45) is 1.53. The van der Waals surface area contributed by atoms with Crippen LogP contribution < -0.4 is 24.7 Å². The maximum atomic E-state index is 12.1. The number of hydrogen-bond donors (Lipinski definition) is 1. The van der Waals surface area contributed by atoms with E-state index in [1.807, 2.05) is 49.4 Å². The van der Waals surface area contributed by atoms with E-state index in [1.54, 1.807) is 14.2 Å². The predicted octanol–water partition coefficient (Wildman–Crippen LogP) is 3.98. The molecular weight excluding hydrogens is 408 g/mol. The third-order valence-corrected chi connectivity index (χ3v) is 5.77. The fraction of sp³-hybridized carbons (Fsp3) is 0.320. The number of methoxy groups -OCH3 is 2. The highest BCUT2D eigenvalue weighted by Gasteiger charge is 2.19. The van der Waals surface area contributed by atoms with Gasteiger partial charge in [-0.15, -0.1) is 0 Å². The van der Waals surface area contributed by atoms with Crippen molar-refractivity contribution in [2.75, 3.05) is 27.4 Å². The third kappa shape index (κ3) is 4.23. The summed E-state index contributed by atoms with van der Waals surface area (Å²) < 4.78 is 24.6. The topological polar surface area (TPSA) is 84.9 Å². The van der Waals surface area contributed by atoms with E-state index in [-0.39, 0.29) is 0 Å². The normalized spacial score (nSPS) is 12.8. The number of nitrogens with two attached hydrogens (primary N) is 1. The molecule has 0 fully saturated rings. The van der Waals surface area contributed by atoms with Crippen molar-refractivity contribution < 1.29 is 23.7 Å². The number of rotatable bonds is 7. The molecule has 7 heteroatoms. The second-order valence-electron chi connectivity index (χ2n) is 7.68. The molecule has 168 valence electrons. The standard InChI is InChI=1S/C25H28N2O5/c1-16-20(25(26)28)15-21(17-5-7-23-24(14-17)32-12-4-11-31-23)27(16)10-9-18-13-19(29-2)6-8-22(18)30-3/h5-8,13-15H,4,9-12H2,1-3H3,(H2,26,28). The molecule has 32 heavy (non-hydrogen) atoms. The number of carbonyl (C=O) groups excluding carboxylic acids is 1. The molecule has 0 unspecified atom stereocenters. The van der Waals surface area contributed by atoms with Crippen molar-refractivity contribution in [3.63, 3.8) is 0 Å². The van der Waals surface area contributed by atoms with E-state index in [1.165, 1.54) is 0 Å². The van der Waals surface area contributed by atoms with Gasteiger partial charge in [-0.1, -0.05) is 0 Å². The minimum absolute atomic E-state index is 0.448. The average molecular weight is 437 g/mol. The van der Waals surface area contributed by atoms with E-state index in [2.05, 4.69) is 4.57 Å².